The molecule has 2 aromatic rings. The van der Waals surface area contributed by atoms with E-state index in [1.807, 2.05) is 31.3 Å². The number of hydrogen-bond donors (Lipinski definition) is 1. The van der Waals surface area contributed by atoms with E-state index < -0.39 is 0 Å². The number of nitrogens with zero attached hydrogens (tertiary/aromatic N) is 1. The summed E-state index contributed by atoms with van der Waals surface area (Å²) in [5.41, 5.74) is 1.78. The molecule has 0 unspecified atom stereocenters. The normalized spacial score (nSPS) is 12.4. The Labute approximate surface area is 101 Å². The molecule has 1 heterocycles. The summed E-state index contributed by atoms with van der Waals surface area (Å²) in [5.74, 6) is -0.168. The molecule has 0 saturated heterocycles. The van der Waals surface area contributed by atoms with E-state index in [0.29, 0.717) is 12.1 Å². The smallest absolute Gasteiger partial charge is 0.127 e. The Morgan fingerprint density at radius 2 is 2.06 bits per heavy atom. The van der Waals surface area contributed by atoms with Crippen LogP contribution in [-0.4, -0.2) is 4.98 Å². The van der Waals surface area contributed by atoms with Gasteiger partial charge in [-0.2, -0.15) is 0 Å². The second-order valence-corrected chi connectivity index (χ2v) is 3.98. The fourth-order valence-electron chi connectivity index (χ4n) is 1.65. The molecule has 2 rings (SSSR count). The first-order valence-electron chi connectivity index (χ1n) is 5.64. The summed E-state index contributed by atoms with van der Waals surface area (Å²) in [6, 6.07) is 10.9. The largest absolute Gasteiger partial charge is 0.306 e. The molecule has 0 spiro atoms. The quantitative estimate of drug-likeness (QED) is 0.873. The molecule has 2 nitrogen and oxygen atoms in total. The van der Waals surface area contributed by atoms with Crippen molar-refractivity contribution in [2.24, 2.45) is 0 Å². The maximum Gasteiger partial charge on any atom is 0.127 e. The minimum absolute atomic E-state index is 0.156. The monoisotopic (exact) mass is 230 g/mol. The van der Waals surface area contributed by atoms with Gasteiger partial charge >= 0.3 is 0 Å². The third kappa shape index (κ3) is 3.11. The minimum Gasteiger partial charge on any atom is -0.306 e. The number of nitrogens with one attached hydrogen (secondary N) is 1. The van der Waals surface area contributed by atoms with Crippen molar-refractivity contribution < 1.29 is 4.39 Å². The van der Waals surface area contributed by atoms with Crippen molar-refractivity contribution in [1.82, 2.24) is 10.3 Å². The van der Waals surface area contributed by atoms with E-state index in [4.69, 9.17) is 0 Å². The Hall–Kier alpha value is -1.74. The predicted octanol–water partition coefficient (Wildman–Crippen LogP) is 3.07. The molecule has 0 fully saturated rings. The molecule has 1 atom stereocenters. The maximum absolute atomic E-state index is 13.4. The molecule has 0 amide bonds. The topological polar surface area (TPSA) is 24.9 Å². The van der Waals surface area contributed by atoms with Gasteiger partial charge in [-0.3, -0.25) is 4.98 Å². The lowest BCUT2D eigenvalue weighted by Crippen LogP contribution is -2.18. The summed E-state index contributed by atoms with van der Waals surface area (Å²) in [5, 5.41) is 3.28. The number of halogens is 1. The summed E-state index contributed by atoms with van der Waals surface area (Å²) in [6.45, 7) is 2.56. The molecule has 0 saturated carbocycles. The standard InChI is InChI=1S/C14H15FN2/c1-11(12-6-4-8-16-9-12)17-10-13-5-2-3-7-14(13)15/h2-9,11,17H,10H2,1H3/t11-/m0/s1. The van der Waals surface area contributed by atoms with Gasteiger partial charge in [-0.15, -0.1) is 0 Å². The molecule has 0 aliphatic rings. The van der Waals surface area contributed by atoms with Gasteiger partial charge in [0.25, 0.3) is 0 Å². The molecule has 88 valence electrons. The van der Waals surface area contributed by atoms with Crippen LogP contribution in [-0.2, 0) is 6.54 Å². The van der Waals surface area contributed by atoms with Crippen molar-refractivity contribution in [3.63, 3.8) is 0 Å². The summed E-state index contributed by atoms with van der Waals surface area (Å²) in [7, 11) is 0. The van der Waals surface area contributed by atoms with Gasteiger partial charge < -0.3 is 5.32 Å². The van der Waals surface area contributed by atoms with Gasteiger partial charge in [0, 0.05) is 30.5 Å². The summed E-state index contributed by atoms with van der Waals surface area (Å²) in [4.78, 5) is 4.06. The Morgan fingerprint density at radius 1 is 1.24 bits per heavy atom. The SMILES string of the molecule is C[C@H](NCc1ccccc1F)c1cccnc1. The van der Waals surface area contributed by atoms with Crippen LogP contribution in [0.5, 0.6) is 0 Å². The Morgan fingerprint density at radius 3 is 2.76 bits per heavy atom. The van der Waals surface area contributed by atoms with E-state index in [9.17, 15) is 4.39 Å². The molecular formula is C14H15FN2. The van der Waals surface area contributed by atoms with Crippen LogP contribution in [0.2, 0.25) is 0 Å². The van der Waals surface area contributed by atoms with Gasteiger partial charge in [0.15, 0.2) is 0 Å². The van der Waals surface area contributed by atoms with Crippen LogP contribution in [0.15, 0.2) is 48.8 Å². The highest BCUT2D eigenvalue weighted by Crippen LogP contribution is 2.12. The molecule has 0 bridgehead atoms. The number of pyridine rings is 1. The summed E-state index contributed by atoms with van der Waals surface area (Å²) < 4.78 is 13.4. The lowest BCUT2D eigenvalue weighted by Gasteiger charge is -2.14. The highest BCUT2D eigenvalue weighted by Gasteiger charge is 2.06. The van der Waals surface area contributed by atoms with E-state index >= 15 is 0 Å². The zero-order valence-electron chi connectivity index (χ0n) is 9.73. The Kier molecular flexibility index (Phi) is 3.83. The summed E-state index contributed by atoms with van der Waals surface area (Å²) in [6.07, 6.45) is 3.56. The second-order valence-electron chi connectivity index (χ2n) is 3.98. The summed E-state index contributed by atoms with van der Waals surface area (Å²) >= 11 is 0. The highest BCUT2D eigenvalue weighted by atomic mass is 19.1. The zero-order valence-corrected chi connectivity index (χ0v) is 9.73. The van der Waals surface area contributed by atoms with Gasteiger partial charge in [0.05, 0.1) is 0 Å². The Bertz CT molecular complexity index is 471. The molecule has 0 aliphatic heterocycles. The first kappa shape index (κ1) is 11.7. The number of benzene rings is 1. The molecule has 0 aliphatic carbocycles. The lowest BCUT2D eigenvalue weighted by molar-refractivity contribution is 0.543. The fraction of sp³-hybridized carbons (Fsp3) is 0.214. The molecule has 1 N–H and O–H groups in total. The molecule has 3 heteroatoms. The van der Waals surface area contributed by atoms with Gasteiger partial charge in [-0.25, -0.2) is 4.39 Å². The number of aromatic nitrogens is 1. The van der Waals surface area contributed by atoms with Crippen LogP contribution in [0, 0.1) is 5.82 Å². The average Bonchev–Trinajstić information content (AvgIpc) is 2.38. The third-order valence-corrected chi connectivity index (χ3v) is 2.74. The fourth-order valence-corrected chi connectivity index (χ4v) is 1.65. The van der Waals surface area contributed by atoms with E-state index in [1.54, 1.807) is 18.3 Å². The van der Waals surface area contributed by atoms with Crippen LogP contribution in [0.4, 0.5) is 4.39 Å². The molecular weight excluding hydrogens is 215 g/mol. The predicted molar refractivity (Wildman–Crippen MR) is 65.9 cm³/mol. The molecule has 17 heavy (non-hydrogen) atoms. The second kappa shape index (κ2) is 5.55. The number of rotatable bonds is 4. The van der Waals surface area contributed by atoms with Crippen molar-refractivity contribution >= 4 is 0 Å². The minimum atomic E-state index is -0.168. The zero-order chi connectivity index (χ0) is 12.1. The van der Waals surface area contributed by atoms with Crippen LogP contribution < -0.4 is 5.32 Å². The first-order chi connectivity index (χ1) is 8.27. The van der Waals surface area contributed by atoms with E-state index in [1.165, 1.54) is 6.07 Å². The third-order valence-electron chi connectivity index (χ3n) is 2.74. The van der Waals surface area contributed by atoms with Gasteiger partial charge in [0.2, 0.25) is 0 Å². The van der Waals surface area contributed by atoms with Crippen LogP contribution >= 0.6 is 0 Å². The van der Waals surface area contributed by atoms with Crippen molar-refractivity contribution in [1.29, 1.82) is 0 Å². The van der Waals surface area contributed by atoms with Gasteiger partial charge in [0.1, 0.15) is 5.82 Å². The number of hydrogen-bond acceptors (Lipinski definition) is 2. The average molecular weight is 230 g/mol. The van der Waals surface area contributed by atoms with Crippen molar-refractivity contribution in [3.8, 4) is 0 Å². The molecule has 1 aromatic heterocycles. The van der Waals surface area contributed by atoms with Gasteiger partial charge in [-0.05, 0) is 24.6 Å². The van der Waals surface area contributed by atoms with Crippen molar-refractivity contribution in [2.45, 2.75) is 19.5 Å². The first-order valence-corrected chi connectivity index (χ1v) is 5.64. The van der Waals surface area contributed by atoms with Crippen molar-refractivity contribution in [2.75, 3.05) is 0 Å². The van der Waals surface area contributed by atoms with E-state index in [0.717, 1.165) is 5.56 Å². The highest BCUT2D eigenvalue weighted by molar-refractivity contribution is 5.18. The van der Waals surface area contributed by atoms with Crippen molar-refractivity contribution in [3.05, 3.63) is 65.7 Å². The van der Waals surface area contributed by atoms with Crippen LogP contribution in [0.25, 0.3) is 0 Å². The lowest BCUT2D eigenvalue weighted by atomic mass is 10.1. The van der Waals surface area contributed by atoms with Crippen LogP contribution in [0.3, 0.4) is 0 Å². The maximum atomic E-state index is 13.4. The molecule has 0 radical (unpaired) electrons. The van der Waals surface area contributed by atoms with E-state index in [2.05, 4.69) is 10.3 Å². The Balaban J connectivity index is 1.97. The van der Waals surface area contributed by atoms with Gasteiger partial charge in [-0.1, -0.05) is 24.3 Å². The molecule has 1 aromatic carbocycles. The van der Waals surface area contributed by atoms with Crippen LogP contribution in [0.1, 0.15) is 24.1 Å². The van der Waals surface area contributed by atoms with E-state index in [-0.39, 0.29) is 11.9 Å².